The average molecular weight is 491 g/mol. The van der Waals surface area contributed by atoms with E-state index in [4.69, 9.17) is 9.15 Å². The van der Waals surface area contributed by atoms with Gasteiger partial charge < -0.3 is 24.1 Å². The number of benzene rings is 2. The number of piperazine rings is 2. The summed E-state index contributed by atoms with van der Waals surface area (Å²) in [5, 5.41) is 11.0. The lowest BCUT2D eigenvalue weighted by molar-refractivity contribution is 0.233. The molecule has 2 fully saturated rings. The number of nitrogens with zero attached hydrogens (tertiary/aromatic N) is 4. The van der Waals surface area contributed by atoms with Crippen molar-refractivity contribution in [3.8, 4) is 11.5 Å². The lowest BCUT2D eigenvalue weighted by Crippen LogP contribution is -2.46. The first-order valence-electron chi connectivity index (χ1n) is 12.6. The normalized spacial score (nSPS) is 17.4. The Morgan fingerprint density at radius 2 is 1.42 bits per heavy atom. The summed E-state index contributed by atoms with van der Waals surface area (Å²) < 4.78 is 10.9. The zero-order chi connectivity index (χ0) is 24.9. The van der Waals surface area contributed by atoms with Gasteiger partial charge in [0.05, 0.1) is 18.4 Å². The van der Waals surface area contributed by atoms with Crippen LogP contribution in [0.2, 0.25) is 0 Å². The monoisotopic (exact) mass is 490 g/mol. The van der Waals surface area contributed by atoms with Gasteiger partial charge in [-0.2, -0.15) is 0 Å². The molecule has 2 aromatic carbocycles. The van der Waals surface area contributed by atoms with E-state index >= 15 is 0 Å². The van der Waals surface area contributed by atoms with Crippen molar-refractivity contribution in [3.05, 3.63) is 82.4 Å². The first-order valence-corrected chi connectivity index (χ1v) is 12.6. The molecular weight excluding hydrogens is 456 g/mol. The number of methoxy groups -OCH3 is 1. The van der Waals surface area contributed by atoms with E-state index in [0.29, 0.717) is 24.2 Å². The number of aromatic hydroxyl groups is 1. The summed E-state index contributed by atoms with van der Waals surface area (Å²) in [6.45, 7) is 7.74. The van der Waals surface area contributed by atoms with Gasteiger partial charge in [0.25, 0.3) is 0 Å². The lowest BCUT2D eigenvalue weighted by atomic mass is 10.1. The molecular formula is C28H34N4O4. The molecule has 0 bridgehead atoms. The van der Waals surface area contributed by atoms with Gasteiger partial charge in [-0.3, -0.25) is 9.80 Å². The predicted molar refractivity (Wildman–Crippen MR) is 141 cm³/mol. The molecule has 1 aromatic heterocycles. The van der Waals surface area contributed by atoms with Crippen LogP contribution < -0.4 is 20.2 Å². The van der Waals surface area contributed by atoms with Gasteiger partial charge in [0.2, 0.25) is 0 Å². The molecule has 8 heteroatoms. The second-order valence-corrected chi connectivity index (χ2v) is 9.41. The largest absolute Gasteiger partial charge is 0.507 e. The van der Waals surface area contributed by atoms with E-state index in [1.54, 1.807) is 7.11 Å². The Balaban J connectivity index is 1.19. The smallest absolute Gasteiger partial charge is 0.343 e. The van der Waals surface area contributed by atoms with Gasteiger partial charge in [0, 0.05) is 76.7 Å². The van der Waals surface area contributed by atoms with Crippen molar-refractivity contribution in [2.45, 2.75) is 13.1 Å². The standard InChI is InChI=1S/C28H34N4O4/c1-35-26-10-6-5-9-25(26)32-17-13-30(14-18-32)20-24-27(33)22(21-36-28(24)34)19-29-11-15-31(16-12-29)23-7-3-2-4-8-23/h2-10,21,33H,11-20H2,1H3. The number of para-hydroxylation sites is 3. The maximum absolute atomic E-state index is 12.5. The van der Waals surface area contributed by atoms with Crippen LogP contribution in [-0.4, -0.2) is 74.4 Å². The van der Waals surface area contributed by atoms with Crippen LogP contribution >= 0.6 is 0 Å². The quantitative estimate of drug-likeness (QED) is 0.542. The summed E-state index contributed by atoms with van der Waals surface area (Å²) >= 11 is 0. The third-order valence-corrected chi connectivity index (χ3v) is 7.21. The van der Waals surface area contributed by atoms with Crippen molar-refractivity contribution >= 4 is 11.4 Å². The molecule has 2 saturated heterocycles. The minimum Gasteiger partial charge on any atom is -0.507 e. The van der Waals surface area contributed by atoms with Crippen molar-refractivity contribution in [3.63, 3.8) is 0 Å². The average Bonchev–Trinajstić information content (AvgIpc) is 2.94. The summed E-state index contributed by atoms with van der Waals surface area (Å²) in [6, 6.07) is 18.4. The maximum Gasteiger partial charge on any atom is 0.343 e. The molecule has 5 rings (SSSR count). The van der Waals surface area contributed by atoms with E-state index < -0.39 is 5.63 Å². The third-order valence-electron chi connectivity index (χ3n) is 7.21. The lowest BCUT2D eigenvalue weighted by Gasteiger charge is -2.37. The Kier molecular flexibility index (Phi) is 7.44. The molecule has 2 aliphatic heterocycles. The van der Waals surface area contributed by atoms with Crippen LogP contribution in [-0.2, 0) is 13.1 Å². The Morgan fingerprint density at radius 1 is 0.806 bits per heavy atom. The SMILES string of the molecule is COc1ccccc1N1CCN(Cc2c(O)c(CN3CCN(c4ccccc4)CC3)coc2=O)CC1. The Hall–Kier alpha value is -3.49. The van der Waals surface area contributed by atoms with Crippen molar-refractivity contribution in [2.24, 2.45) is 0 Å². The first-order chi connectivity index (χ1) is 17.6. The summed E-state index contributed by atoms with van der Waals surface area (Å²) in [7, 11) is 1.69. The fourth-order valence-electron chi connectivity index (χ4n) is 5.10. The molecule has 36 heavy (non-hydrogen) atoms. The molecule has 3 heterocycles. The number of rotatable bonds is 7. The van der Waals surface area contributed by atoms with Crippen LogP contribution in [0.1, 0.15) is 11.1 Å². The van der Waals surface area contributed by atoms with Crippen LogP contribution in [0.15, 0.2) is 70.1 Å². The van der Waals surface area contributed by atoms with Crippen LogP contribution in [0.5, 0.6) is 11.5 Å². The van der Waals surface area contributed by atoms with Gasteiger partial charge in [-0.05, 0) is 24.3 Å². The Morgan fingerprint density at radius 3 is 2.11 bits per heavy atom. The van der Waals surface area contributed by atoms with E-state index in [1.807, 2.05) is 24.3 Å². The molecule has 1 N–H and O–H groups in total. The second kappa shape index (κ2) is 11.1. The molecule has 0 spiro atoms. The van der Waals surface area contributed by atoms with E-state index in [9.17, 15) is 9.90 Å². The molecule has 0 saturated carbocycles. The Bertz CT molecular complexity index is 1200. The maximum atomic E-state index is 12.5. The van der Waals surface area contributed by atoms with Crippen molar-refractivity contribution < 1.29 is 14.3 Å². The first kappa shape index (κ1) is 24.2. The highest BCUT2D eigenvalue weighted by atomic mass is 16.5. The van der Waals surface area contributed by atoms with Gasteiger partial charge in [0.1, 0.15) is 17.8 Å². The van der Waals surface area contributed by atoms with Crippen LogP contribution in [0.25, 0.3) is 0 Å². The molecule has 3 aromatic rings. The topological polar surface area (TPSA) is 72.6 Å². The van der Waals surface area contributed by atoms with Crippen molar-refractivity contribution in [2.75, 3.05) is 69.3 Å². The third kappa shape index (κ3) is 5.34. The van der Waals surface area contributed by atoms with Gasteiger partial charge in [-0.25, -0.2) is 4.79 Å². The van der Waals surface area contributed by atoms with E-state index in [0.717, 1.165) is 63.8 Å². The fraction of sp³-hybridized carbons (Fsp3) is 0.393. The molecule has 0 atom stereocenters. The predicted octanol–water partition coefficient (Wildman–Crippen LogP) is 3.00. The number of ether oxygens (including phenoxy) is 1. The van der Waals surface area contributed by atoms with Crippen LogP contribution in [0.3, 0.4) is 0 Å². The van der Waals surface area contributed by atoms with E-state index in [-0.39, 0.29) is 5.75 Å². The van der Waals surface area contributed by atoms with Crippen molar-refractivity contribution in [1.82, 2.24) is 9.80 Å². The molecule has 0 amide bonds. The number of hydrogen-bond acceptors (Lipinski definition) is 8. The molecule has 0 unspecified atom stereocenters. The molecule has 8 nitrogen and oxygen atoms in total. The van der Waals surface area contributed by atoms with Gasteiger partial charge >= 0.3 is 5.63 Å². The van der Waals surface area contributed by atoms with Crippen LogP contribution in [0.4, 0.5) is 11.4 Å². The Labute approximate surface area is 211 Å². The fourth-order valence-corrected chi connectivity index (χ4v) is 5.10. The van der Waals surface area contributed by atoms with Gasteiger partial charge in [0.15, 0.2) is 0 Å². The summed E-state index contributed by atoms with van der Waals surface area (Å²) in [6.07, 6.45) is 1.42. The highest BCUT2D eigenvalue weighted by Gasteiger charge is 2.24. The zero-order valence-corrected chi connectivity index (χ0v) is 20.8. The number of anilines is 2. The number of hydrogen-bond donors (Lipinski definition) is 1. The summed E-state index contributed by atoms with van der Waals surface area (Å²) in [4.78, 5) is 21.7. The molecule has 2 aliphatic rings. The summed E-state index contributed by atoms with van der Waals surface area (Å²) in [5.74, 6) is 0.936. The van der Waals surface area contributed by atoms with Crippen LogP contribution in [0, 0.1) is 0 Å². The minimum absolute atomic E-state index is 0.0731. The van der Waals surface area contributed by atoms with Gasteiger partial charge in [-0.1, -0.05) is 30.3 Å². The van der Waals surface area contributed by atoms with E-state index in [1.165, 1.54) is 12.0 Å². The summed E-state index contributed by atoms with van der Waals surface area (Å²) in [5.41, 5.74) is 2.87. The minimum atomic E-state index is -0.461. The zero-order valence-electron chi connectivity index (χ0n) is 20.8. The highest BCUT2D eigenvalue weighted by Crippen LogP contribution is 2.29. The highest BCUT2D eigenvalue weighted by molar-refractivity contribution is 5.58. The molecule has 0 radical (unpaired) electrons. The molecule has 0 aliphatic carbocycles. The van der Waals surface area contributed by atoms with Crippen molar-refractivity contribution in [1.29, 1.82) is 0 Å². The second-order valence-electron chi connectivity index (χ2n) is 9.41. The molecule has 190 valence electrons. The van der Waals surface area contributed by atoms with Gasteiger partial charge in [-0.15, -0.1) is 0 Å². The van der Waals surface area contributed by atoms with E-state index in [2.05, 4.69) is 49.9 Å².